The van der Waals surface area contributed by atoms with E-state index in [-0.39, 0.29) is 9.92 Å². The lowest BCUT2D eigenvalue weighted by Crippen LogP contribution is -2.16. The molecule has 9 heteroatoms. The van der Waals surface area contributed by atoms with Gasteiger partial charge in [0.15, 0.2) is 5.13 Å². The van der Waals surface area contributed by atoms with Crippen LogP contribution in [0.15, 0.2) is 27.3 Å². The predicted molar refractivity (Wildman–Crippen MR) is 77.0 cm³/mol. The molecule has 2 heterocycles. The molecule has 2 aromatic heterocycles. The number of nitrogens with one attached hydrogen (secondary N) is 2. The number of pyridine rings is 1. The zero-order valence-corrected chi connectivity index (χ0v) is 12.5. The van der Waals surface area contributed by atoms with Crippen molar-refractivity contribution in [2.45, 2.75) is 23.7 Å². The van der Waals surface area contributed by atoms with Crippen LogP contribution in [0.25, 0.3) is 0 Å². The summed E-state index contributed by atoms with van der Waals surface area (Å²) in [5.74, 6) is 0.465. The van der Waals surface area contributed by atoms with E-state index < -0.39 is 15.6 Å². The zero-order valence-electron chi connectivity index (χ0n) is 10.1. The first kappa shape index (κ1) is 13.6. The smallest absolute Gasteiger partial charge is 0.266 e. The second-order valence-electron chi connectivity index (χ2n) is 4.47. The quantitative estimate of drug-likeness (QED) is 0.898. The van der Waals surface area contributed by atoms with Gasteiger partial charge in [-0.3, -0.25) is 9.52 Å². The van der Waals surface area contributed by atoms with E-state index in [0.717, 1.165) is 30.8 Å². The fourth-order valence-corrected chi connectivity index (χ4v) is 3.94. The van der Waals surface area contributed by atoms with Gasteiger partial charge in [0, 0.05) is 17.5 Å². The third-order valence-corrected chi connectivity index (χ3v) is 5.39. The highest BCUT2D eigenvalue weighted by Crippen LogP contribution is 2.41. The minimum absolute atomic E-state index is 0.106. The van der Waals surface area contributed by atoms with Crippen molar-refractivity contribution in [3.05, 3.63) is 38.7 Å². The molecule has 2 N–H and O–H groups in total. The fourth-order valence-electron chi connectivity index (χ4n) is 1.67. The molecule has 1 aliphatic carbocycles. The van der Waals surface area contributed by atoms with E-state index in [4.69, 9.17) is 11.6 Å². The molecule has 1 aliphatic rings. The maximum Gasteiger partial charge on any atom is 0.266 e. The van der Waals surface area contributed by atoms with Gasteiger partial charge < -0.3 is 4.98 Å². The summed E-state index contributed by atoms with van der Waals surface area (Å²) in [7, 11) is -3.80. The van der Waals surface area contributed by atoms with Crippen LogP contribution in [0.2, 0.25) is 5.02 Å². The molecular weight excluding hydrogens is 322 g/mol. The van der Waals surface area contributed by atoms with Gasteiger partial charge >= 0.3 is 0 Å². The van der Waals surface area contributed by atoms with Crippen LogP contribution in [0.4, 0.5) is 5.13 Å². The molecule has 0 bridgehead atoms. The maximum atomic E-state index is 12.1. The molecule has 106 valence electrons. The van der Waals surface area contributed by atoms with Gasteiger partial charge in [0.1, 0.15) is 9.92 Å². The van der Waals surface area contributed by atoms with Gasteiger partial charge in [-0.2, -0.15) is 0 Å². The molecule has 0 aliphatic heterocycles. The molecule has 1 saturated carbocycles. The lowest BCUT2D eigenvalue weighted by atomic mass is 10.3. The first-order chi connectivity index (χ1) is 9.45. The van der Waals surface area contributed by atoms with Gasteiger partial charge in [0.25, 0.3) is 15.6 Å². The highest BCUT2D eigenvalue weighted by atomic mass is 35.5. The average Bonchev–Trinajstić information content (AvgIpc) is 3.14. The number of sulfonamides is 1. The Bertz CT molecular complexity index is 808. The highest BCUT2D eigenvalue weighted by molar-refractivity contribution is 7.93. The molecule has 0 radical (unpaired) electrons. The van der Waals surface area contributed by atoms with Crippen molar-refractivity contribution in [1.29, 1.82) is 0 Å². The Kier molecular flexibility index (Phi) is 3.31. The number of aromatic nitrogens is 2. The maximum absolute atomic E-state index is 12.1. The van der Waals surface area contributed by atoms with E-state index in [1.165, 1.54) is 11.3 Å². The van der Waals surface area contributed by atoms with Crippen LogP contribution in [-0.2, 0) is 10.0 Å². The van der Waals surface area contributed by atoms with Crippen molar-refractivity contribution in [2.75, 3.05) is 4.72 Å². The second-order valence-corrected chi connectivity index (χ2v) is 7.42. The van der Waals surface area contributed by atoms with E-state index in [0.29, 0.717) is 11.0 Å². The summed E-state index contributed by atoms with van der Waals surface area (Å²) in [6, 6.07) is 1.11. The molecule has 6 nitrogen and oxygen atoms in total. The summed E-state index contributed by atoms with van der Waals surface area (Å²) in [6.45, 7) is 0. The number of thiazole rings is 1. The summed E-state index contributed by atoms with van der Waals surface area (Å²) < 4.78 is 26.7. The van der Waals surface area contributed by atoms with Crippen LogP contribution in [0.1, 0.15) is 24.5 Å². The standard InChI is InChI=1S/C11H10ClN3O3S2/c12-8-3-7(4-13-10(8)16)20(17,18)15-11-14-9(5-19-11)6-1-2-6/h3-6H,1-2H2,(H,13,16)(H,14,15). The van der Waals surface area contributed by atoms with Crippen molar-refractivity contribution in [3.8, 4) is 0 Å². The molecule has 2 aromatic rings. The van der Waals surface area contributed by atoms with Crippen LogP contribution in [0.3, 0.4) is 0 Å². The SMILES string of the molecule is O=c1[nH]cc(S(=O)(=O)Nc2nc(C3CC3)cs2)cc1Cl. The first-order valence-electron chi connectivity index (χ1n) is 5.82. The second kappa shape index (κ2) is 4.87. The van der Waals surface area contributed by atoms with E-state index in [9.17, 15) is 13.2 Å². The van der Waals surface area contributed by atoms with Crippen LogP contribution in [-0.4, -0.2) is 18.4 Å². The molecule has 0 atom stereocenters. The summed E-state index contributed by atoms with van der Waals surface area (Å²) in [5, 5.41) is 2.00. The molecular formula is C11H10ClN3O3S2. The van der Waals surface area contributed by atoms with E-state index >= 15 is 0 Å². The van der Waals surface area contributed by atoms with Crippen LogP contribution in [0, 0.1) is 0 Å². The number of aromatic amines is 1. The third kappa shape index (κ3) is 2.72. The first-order valence-corrected chi connectivity index (χ1v) is 8.56. The molecule has 0 spiro atoms. The molecule has 1 fully saturated rings. The number of hydrogen-bond acceptors (Lipinski definition) is 5. The van der Waals surface area contributed by atoms with Crippen molar-refractivity contribution in [2.24, 2.45) is 0 Å². The van der Waals surface area contributed by atoms with E-state index in [2.05, 4.69) is 14.7 Å². The Morgan fingerprint density at radius 2 is 2.20 bits per heavy atom. The van der Waals surface area contributed by atoms with Crippen molar-refractivity contribution in [1.82, 2.24) is 9.97 Å². The summed E-state index contributed by atoms with van der Waals surface area (Å²) >= 11 is 6.87. The van der Waals surface area contributed by atoms with Crippen LogP contribution in [0.5, 0.6) is 0 Å². The van der Waals surface area contributed by atoms with Gasteiger partial charge in [-0.1, -0.05) is 11.6 Å². The molecule has 0 aromatic carbocycles. The lowest BCUT2D eigenvalue weighted by molar-refractivity contribution is 0.600. The van der Waals surface area contributed by atoms with Crippen LogP contribution >= 0.6 is 22.9 Å². The summed E-state index contributed by atoms with van der Waals surface area (Å²) in [6.07, 6.45) is 3.31. The fraction of sp³-hybridized carbons (Fsp3) is 0.273. The Hall–Kier alpha value is -1.38. The van der Waals surface area contributed by atoms with Gasteiger partial charge in [0.2, 0.25) is 0 Å². The lowest BCUT2D eigenvalue weighted by Gasteiger charge is -2.04. The molecule has 3 rings (SSSR count). The number of hydrogen-bond donors (Lipinski definition) is 2. The normalized spacial score (nSPS) is 15.2. The number of rotatable bonds is 4. The Morgan fingerprint density at radius 3 is 2.85 bits per heavy atom. The van der Waals surface area contributed by atoms with Gasteiger partial charge in [-0.15, -0.1) is 11.3 Å². The monoisotopic (exact) mass is 331 g/mol. The Balaban J connectivity index is 1.86. The van der Waals surface area contributed by atoms with Crippen LogP contribution < -0.4 is 10.3 Å². The molecule has 0 saturated heterocycles. The van der Waals surface area contributed by atoms with Gasteiger partial charge in [0.05, 0.1) is 5.69 Å². The van der Waals surface area contributed by atoms with Gasteiger partial charge in [-0.05, 0) is 18.9 Å². The largest absolute Gasteiger partial charge is 0.326 e. The van der Waals surface area contributed by atoms with Crippen molar-refractivity contribution >= 4 is 38.1 Å². The van der Waals surface area contributed by atoms with Crippen molar-refractivity contribution in [3.63, 3.8) is 0 Å². The summed E-state index contributed by atoms with van der Waals surface area (Å²) in [4.78, 5) is 17.5. The van der Waals surface area contributed by atoms with Gasteiger partial charge in [-0.25, -0.2) is 13.4 Å². The predicted octanol–water partition coefficient (Wildman–Crippen LogP) is 2.16. The summed E-state index contributed by atoms with van der Waals surface area (Å²) in [5.41, 5.74) is 0.392. The van der Waals surface area contributed by atoms with E-state index in [1.54, 1.807) is 0 Å². The minimum Gasteiger partial charge on any atom is -0.326 e. The number of halogens is 1. The minimum atomic E-state index is -3.80. The van der Waals surface area contributed by atoms with Crippen molar-refractivity contribution < 1.29 is 8.42 Å². The number of anilines is 1. The molecule has 0 unspecified atom stereocenters. The Labute approximate surface area is 123 Å². The number of H-pyrrole nitrogens is 1. The third-order valence-electron chi connectivity index (χ3n) is 2.88. The van der Waals surface area contributed by atoms with E-state index in [1.807, 2.05) is 5.38 Å². The average molecular weight is 332 g/mol. The zero-order chi connectivity index (χ0) is 14.3. The highest BCUT2D eigenvalue weighted by Gasteiger charge is 2.27. The molecule has 20 heavy (non-hydrogen) atoms. The molecule has 0 amide bonds. The number of nitrogens with zero attached hydrogens (tertiary/aromatic N) is 1. The Morgan fingerprint density at radius 1 is 1.45 bits per heavy atom. The topological polar surface area (TPSA) is 91.9 Å².